The maximum Gasteiger partial charge on any atom is 0.213 e. The molecule has 0 aliphatic heterocycles. The summed E-state index contributed by atoms with van der Waals surface area (Å²) in [7, 11) is 0. The second kappa shape index (κ2) is 5.81. The molecule has 0 aliphatic carbocycles. The minimum atomic E-state index is 0.640. The third-order valence-corrected chi connectivity index (χ3v) is 1.92. The number of hydrogen-bond donors (Lipinski definition) is 0. The van der Waals surface area contributed by atoms with Crippen molar-refractivity contribution < 1.29 is 4.74 Å². The molecular weight excluding hydrogens is 186 g/mol. The summed E-state index contributed by atoms with van der Waals surface area (Å²) in [5.74, 6) is 0.653. The number of hydrogen-bond acceptors (Lipinski definition) is 2. The van der Waals surface area contributed by atoms with Crippen molar-refractivity contribution in [3.63, 3.8) is 0 Å². The first-order chi connectivity index (χ1) is 6.33. The van der Waals surface area contributed by atoms with Crippen LogP contribution in [-0.2, 0) is 0 Å². The lowest BCUT2D eigenvalue weighted by atomic mass is 10.3. The fourth-order valence-electron chi connectivity index (χ4n) is 0.976. The van der Waals surface area contributed by atoms with Gasteiger partial charge in [-0.3, -0.25) is 0 Å². The molecule has 0 saturated carbocycles. The Morgan fingerprint density at radius 2 is 2.23 bits per heavy atom. The molecule has 0 radical (unpaired) electrons. The summed E-state index contributed by atoms with van der Waals surface area (Å²) in [6.07, 6.45) is 5.09. The summed E-state index contributed by atoms with van der Waals surface area (Å²) in [4.78, 5) is 4.02. The van der Waals surface area contributed by atoms with Crippen LogP contribution in [0.25, 0.3) is 0 Å². The van der Waals surface area contributed by atoms with Crippen LogP contribution in [0.5, 0.6) is 5.88 Å². The van der Waals surface area contributed by atoms with E-state index in [0.717, 1.165) is 13.0 Å². The summed E-state index contributed by atoms with van der Waals surface area (Å²) < 4.78 is 5.39. The lowest BCUT2D eigenvalue weighted by molar-refractivity contribution is 0.295. The molecule has 13 heavy (non-hydrogen) atoms. The Kier molecular flexibility index (Phi) is 4.61. The van der Waals surface area contributed by atoms with Crippen LogP contribution in [0.1, 0.15) is 26.2 Å². The zero-order chi connectivity index (χ0) is 9.52. The molecule has 72 valence electrons. The van der Waals surface area contributed by atoms with Crippen LogP contribution in [0.2, 0.25) is 5.02 Å². The first-order valence-electron chi connectivity index (χ1n) is 4.57. The molecule has 1 rings (SSSR count). The van der Waals surface area contributed by atoms with Crippen molar-refractivity contribution in [3.8, 4) is 5.88 Å². The third kappa shape index (κ3) is 4.13. The van der Waals surface area contributed by atoms with Gasteiger partial charge < -0.3 is 4.74 Å². The van der Waals surface area contributed by atoms with E-state index in [1.165, 1.54) is 12.8 Å². The standard InChI is InChI=1S/C10H14ClNO/c1-2-3-4-7-13-10-6-5-9(11)8-12-10/h5-6,8H,2-4,7H2,1H3. The molecule has 0 aromatic carbocycles. The molecule has 0 saturated heterocycles. The maximum absolute atomic E-state index is 5.68. The Hall–Kier alpha value is -0.760. The van der Waals surface area contributed by atoms with Gasteiger partial charge in [0.05, 0.1) is 11.6 Å². The Bertz CT molecular complexity index is 235. The van der Waals surface area contributed by atoms with Crippen molar-refractivity contribution in [1.82, 2.24) is 4.98 Å². The topological polar surface area (TPSA) is 22.1 Å². The first kappa shape index (κ1) is 10.3. The van der Waals surface area contributed by atoms with Gasteiger partial charge in [-0.2, -0.15) is 0 Å². The summed E-state index contributed by atoms with van der Waals surface area (Å²) in [5.41, 5.74) is 0. The number of ether oxygens (including phenoxy) is 1. The smallest absolute Gasteiger partial charge is 0.213 e. The number of nitrogens with zero attached hydrogens (tertiary/aromatic N) is 1. The van der Waals surface area contributed by atoms with E-state index in [9.17, 15) is 0 Å². The summed E-state index contributed by atoms with van der Waals surface area (Å²) >= 11 is 5.68. The van der Waals surface area contributed by atoms with Gasteiger partial charge in [0, 0.05) is 12.3 Å². The predicted molar refractivity (Wildman–Crippen MR) is 54.3 cm³/mol. The van der Waals surface area contributed by atoms with Gasteiger partial charge in [0.15, 0.2) is 0 Å². The lowest BCUT2D eigenvalue weighted by Crippen LogP contribution is -1.98. The molecule has 3 heteroatoms. The van der Waals surface area contributed by atoms with Crippen LogP contribution in [0.3, 0.4) is 0 Å². The first-order valence-corrected chi connectivity index (χ1v) is 4.95. The Labute approximate surface area is 83.9 Å². The second-order valence-electron chi connectivity index (χ2n) is 2.87. The molecule has 1 aromatic heterocycles. The highest BCUT2D eigenvalue weighted by molar-refractivity contribution is 6.30. The lowest BCUT2D eigenvalue weighted by Gasteiger charge is -2.03. The van der Waals surface area contributed by atoms with Crippen LogP contribution in [-0.4, -0.2) is 11.6 Å². The molecule has 2 nitrogen and oxygen atoms in total. The van der Waals surface area contributed by atoms with Crippen LogP contribution in [0.15, 0.2) is 18.3 Å². The van der Waals surface area contributed by atoms with Crippen molar-refractivity contribution >= 4 is 11.6 Å². The SMILES string of the molecule is CCCCCOc1ccc(Cl)cn1. The van der Waals surface area contributed by atoms with Crippen molar-refractivity contribution in [2.24, 2.45) is 0 Å². The molecule has 0 N–H and O–H groups in total. The molecule has 0 aliphatic rings. The van der Waals surface area contributed by atoms with E-state index in [-0.39, 0.29) is 0 Å². The molecule has 1 aromatic rings. The Morgan fingerprint density at radius 1 is 1.38 bits per heavy atom. The zero-order valence-electron chi connectivity index (χ0n) is 7.79. The van der Waals surface area contributed by atoms with E-state index in [0.29, 0.717) is 10.9 Å². The van der Waals surface area contributed by atoms with Gasteiger partial charge in [0.2, 0.25) is 5.88 Å². The molecule has 0 unspecified atom stereocenters. The molecule has 0 amide bonds. The van der Waals surface area contributed by atoms with E-state index >= 15 is 0 Å². The molecular formula is C10H14ClNO. The van der Waals surface area contributed by atoms with Crippen LogP contribution in [0.4, 0.5) is 0 Å². The van der Waals surface area contributed by atoms with E-state index in [4.69, 9.17) is 16.3 Å². The molecule has 0 spiro atoms. The van der Waals surface area contributed by atoms with E-state index in [1.807, 2.05) is 0 Å². The fraction of sp³-hybridized carbons (Fsp3) is 0.500. The van der Waals surface area contributed by atoms with Gasteiger partial charge in [-0.25, -0.2) is 4.98 Å². The van der Waals surface area contributed by atoms with Gasteiger partial charge in [0.1, 0.15) is 0 Å². The highest BCUT2D eigenvalue weighted by Crippen LogP contribution is 2.11. The monoisotopic (exact) mass is 199 g/mol. The normalized spacial score (nSPS) is 10.0. The molecule has 0 fully saturated rings. The van der Waals surface area contributed by atoms with Crippen molar-refractivity contribution in [2.45, 2.75) is 26.2 Å². The highest BCUT2D eigenvalue weighted by atomic mass is 35.5. The van der Waals surface area contributed by atoms with Gasteiger partial charge in [0.25, 0.3) is 0 Å². The van der Waals surface area contributed by atoms with E-state index in [1.54, 1.807) is 18.3 Å². The number of pyridine rings is 1. The maximum atomic E-state index is 5.68. The van der Waals surface area contributed by atoms with E-state index < -0.39 is 0 Å². The molecule has 0 bridgehead atoms. The van der Waals surface area contributed by atoms with Gasteiger partial charge in [-0.05, 0) is 12.5 Å². The van der Waals surface area contributed by atoms with Crippen LogP contribution < -0.4 is 4.74 Å². The number of halogens is 1. The van der Waals surface area contributed by atoms with Crippen molar-refractivity contribution in [2.75, 3.05) is 6.61 Å². The number of aromatic nitrogens is 1. The van der Waals surface area contributed by atoms with Crippen LogP contribution >= 0.6 is 11.6 Å². The minimum absolute atomic E-state index is 0.640. The Balaban J connectivity index is 2.25. The second-order valence-corrected chi connectivity index (χ2v) is 3.31. The summed E-state index contributed by atoms with van der Waals surface area (Å²) in [6, 6.07) is 3.57. The van der Waals surface area contributed by atoms with Crippen LogP contribution in [0, 0.1) is 0 Å². The quantitative estimate of drug-likeness (QED) is 0.679. The van der Waals surface area contributed by atoms with Crippen molar-refractivity contribution in [3.05, 3.63) is 23.4 Å². The van der Waals surface area contributed by atoms with E-state index in [2.05, 4.69) is 11.9 Å². The largest absolute Gasteiger partial charge is 0.478 e. The average Bonchev–Trinajstić information content (AvgIpc) is 2.15. The Morgan fingerprint density at radius 3 is 2.85 bits per heavy atom. The van der Waals surface area contributed by atoms with Crippen molar-refractivity contribution in [1.29, 1.82) is 0 Å². The van der Waals surface area contributed by atoms with Gasteiger partial charge in [-0.15, -0.1) is 0 Å². The fourth-order valence-corrected chi connectivity index (χ4v) is 1.09. The molecule has 0 atom stereocenters. The number of unbranched alkanes of at least 4 members (excludes halogenated alkanes) is 2. The zero-order valence-corrected chi connectivity index (χ0v) is 8.55. The molecule has 1 heterocycles. The van der Waals surface area contributed by atoms with Gasteiger partial charge in [-0.1, -0.05) is 31.4 Å². The third-order valence-electron chi connectivity index (χ3n) is 1.70. The van der Waals surface area contributed by atoms with Gasteiger partial charge >= 0.3 is 0 Å². The predicted octanol–water partition coefficient (Wildman–Crippen LogP) is 3.30. The summed E-state index contributed by atoms with van der Waals surface area (Å²) in [6.45, 7) is 2.91. The minimum Gasteiger partial charge on any atom is -0.478 e. The average molecular weight is 200 g/mol. The number of rotatable bonds is 5. The highest BCUT2D eigenvalue weighted by Gasteiger charge is 1.94. The summed E-state index contributed by atoms with van der Waals surface area (Å²) in [5, 5.41) is 0.640.